The van der Waals surface area contributed by atoms with E-state index in [1.54, 1.807) is 0 Å². The van der Waals surface area contributed by atoms with Crippen molar-refractivity contribution in [3.8, 4) is 0 Å². The number of hydrogen-bond acceptors (Lipinski definition) is 2. The van der Waals surface area contributed by atoms with Crippen LogP contribution in [0.15, 0.2) is 0 Å². The standard InChI is InChI=1S/C11H21NO.C2H6/c1-2-12-9-5-10-4-8-11(13-10)6-3-7-11;1-2/h10,12H,2-9H2,1H3;1-2H3. The van der Waals surface area contributed by atoms with Crippen LogP contribution in [-0.4, -0.2) is 24.8 Å². The zero-order valence-corrected chi connectivity index (χ0v) is 10.6. The van der Waals surface area contributed by atoms with Crippen molar-refractivity contribution >= 4 is 0 Å². The Hall–Kier alpha value is -0.0800. The van der Waals surface area contributed by atoms with Gasteiger partial charge in [-0.25, -0.2) is 0 Å². The fourth-order valence-corrected chi connectivity index (χ4v) is 2.48. The number of hydrogen-bond donors (Lipinski definition) is 1. The molecular weight excluding hydrogens is 186 g/mol. The number of ether oxygens (including phenoxy) is 1. The van der Waals surface area contributed by atoms with Gasteiger partial charge in [-0.2, -0.15) is 0 Å². The Bertz CT molecular complexity index is 166. The van der Waals surface area contributed by atoms with Crippen LogP contribution in [0.3, 0.4) is 0 Å². The molecule has 1 spiro atoms. The van der Waals surface area contributed by atoms with Crippen LogP contribution in [-0.2, 0) is 4.74 Å². The van der Waals surface area contributed by atoms with E-state index in [0.717, 1.165) is 13.1 Å². The van der Waals surface area contributed by atoms with E-state index in [4.69, 9.17) is 4.74 Å². The van der Waals surface area contributed by atoms with Gasteiger partial charge in [0.25, 0.3) is 0 Å². The summed E-state index contributed by atoms with van der Waals surface area (Å²) in [6.07, 6.45) is 8.42. The molecule has 2 nitrogen and oxygen atoms in total. The van der Waals surface area contributed by atoms with Gasteiger partial charge >= 0.3 is 0 Å². The summed E-state index contributed by atoms with van der Waals surface area (Å²) in [5.74, 6) is 0. The summed E-state index contributed by atoms with van der Waals surface area (Å²) in [5.41, 5.74) is 0.358. The Labute approximate surface area is 94.8 Å². The first-order valence-corrected chi connectivity index (χ1v) is 6.73. The highest BCUT2D eigenvalue weighted by atomic mass is 16.5. The monoisotopic (exact) mass is 213 g/mol. The molecule has 2 fully saturated rings. The average molecular weight is 213 g/mol. The lowest BCUT2D eigenvalue weighted by molar-refractivity contribution is -0.0921. The van der Waals surface area contributed by atoms with Crippen LogP contribution in [0.25, 0.3) is 0 Å². The minimum Gasteiger partial charge on any atom is -0.372 e. The summed E-state index contributed by atoms with van der Waals surface area (Å²) in [7, 11) is 0. The van der Waals surface area contributed by atoms with Gasteiger partial charge in [0, 0.05) is 0 Å². The molecule has 1 saturated heterocycles. The average Bonchev–Trinajstić information content (AvgIpc) is 2.66. The van der Waals surface area contributed by atoms with Crippen molar-refractivity contribution < 1.29 is 4.74 Å². The lowest BCUT2D eigenvalue weighted by Crippen LogP contribution is -2.37. The summed E-state index contributed by atoms with van der Waals surface area (Å²) in [6.45, 7) is 8.36. The van der Waals surface area contributed by atoms with Crippen LogP contribution in [0, 0.1) is 0 Å². The van der Waals surface area contributed by atoms with Gasteiger partial charge in [0.2, 0.25) is 0 Å². The SMILES string of the molecule is CC.CCNCCC1CCC2(CCC2)O1. The van der Waals surface area contributed by atoms with E-state index >= 15 is 0 Å². The Balaban J connectivity index is 0.000000531. The van der Waals surface area contributed by atoms with Gasteiger partial charge < -0.3 is 10.1 Å². The molecule has 2 rings (SSSR count). The van der Waals surface area contributed by atoms with Crippen molar-refractivity contribution in [2.24, 2.45) is 0 Å². The first-order valence-electron chi connectivity index (χ1n) is 6.73. The van der Waals surface area contributed by atoms with E-state index in [1.807, 2.05) is 13.8 Å². The lowest BCUT2D eigenvalue weighted by Gasteiger charge is -2.38. The second-order valence-corrected chi connectivity index (χ2v) is 4.46. The van der Waals surface area contributed by atoms with Gasteiger partial charge in [-0.15, -0.1) is 0 Å². The Morgan fingerprint density at radius 1 is 1.27 bits per heavy atom. The van der Waals surface area contributed by atoms with Gasteiger partial charge in [-0.05, 0) is 51.6 Å². The molecule has 0 aromatic rings. The molecule has 1 N–H and O–H groups in total. The highest BCUT2D eigenvalue weighted by Gasteiger charge is 2.44. The van der Waals surface area contributed by atoms with Crippen LogP contribution in [0.2, 0.25) is 0 Å². The molecule has 1 aliphatic carbocycles. The molecule has 1 atom stereocenters. The Morgan fingerprint density at radius 2 is 2.00 bits per heavy atom. The minimum absolute atomic E-state index is 0.358. The smallest absolute Gasteiger partial charge is 0.0687 e. The molecule has 2 aliphatic rings. The third-order valence-electron chi connectivity index (χ3n) is 3.50. The highest BCUT2D eigenvalue weighted by Crippen LogP contribution is 2.46. The predicted molar refractivity (Wildman–Crippen MR) is 65.2 cm³/mol. The maximum atomic E-state index is 6.09. The second-order valence-electron chi connectivity index (χ2n) is 4.46. The van der Waals surface area contributed by atoms with Crippen LogP contribution in [0.1, 0.15) is 59.3 Å². The molecule has 0 aromatic heterocycles. The van der Waals surface area contributed by atoms with Crippen molar-refractivity contribution in [2.45, 2.75) is 71.0 Å². The fraction of sp³-hybridized carbons (Fsp3) is 1.00. The van der Waals surface area contributed by atoms with Gasteiger partial charge in [0.15, 0.2) is 0 Å². The minimum atomic E-state index is 0.358. The Morgan fingerprint density at radius 3 is 2.47 bits per heavy atom. The van der Waals surface area contributed by atoms with E-state index < -0.39 is 0 Å². The van der Waals surface area contributed by atoms with Gasteiger partial charge in [0.1, 0.15) is 0 Å². The van der Waals surface area contributed by atoms with E-state index in [0.29, 0.717) is 11.7 Å². The molecular formula is C13H27NO. The molecule has 0 aromatic carbocycles. The molecule has 1 aliphatic heterocycles. The molecule has 90 valence electrons. The zero-order valence-electron chi connectivity index (χ0n) is 10.6. The van der Waals surface area contributed by atoms with Crippen molar-refractivity contribution in [3.05, 3.63) is 0 Å². The van der Waals surface area contributed by atoms with Crippen LogP contribution >= 0.6 is 0 Å². The van der Waals surface area contributed by atoms with Crippen LogP contribution < -0.4 is 5.32 Å². The van der Waals surface area contributed by atoms with E-state index in [1.165, 1.54) is 38.5 Å². The first-order chi connectivity index (χ1) is 7.35. The highest BCUT2D eigenvalue weighted by molar-refractivity contribution is 4.95. The molecule has 1 saturated carbocycles. The quantitative estimate of drug-likeness (QED) is 0.725. The molecule has 2 heteroatoms. The van der Waals surface area contributed by atoms with E-state index in [2.05, 4.69) is 12.2 Å². The summed E-state index contributed by atoms with van der Waals surface area (Å²) in [5, 5.41) is 3.36. The molecule has 1 heterocycles. The predicted octanol–water partition coefficient (Wildman–Crippen LogP) is 3.11. The molecule has 1 unspecified atom stereocenters. The Kier molecular flexibility index (Phi) is 5.62. The third-order valence-corrected chi connectivity index (χ3v) is 3.50. The maximum Gasteiger partial charge on any atom is 0.0687 e. The molecule has 0 radical (unpaired) electrons. The van der Waals surface area contributed by atoms with Crippen molar-refractivity contribution in [2.75, 3.05) is 13.1 Å². The molecule has 15 heavy (non-hydrogen) atoms. The second kappa shape index (κ2) is 6.49. The molecule has 0 amide bonds. The van der Waals surface area contributed by atoms with Crippen molar-refractivity contribution in [1.29, 1.82) is 0 Å². The summed E-state index contributed by atoms with van der Waals surface area (Å²) < 4.78 is 6.09. The summed E-state index contributed by atoms with van der Waals surface area (Å²) in [4.78, 5) is 0. The van der Waals surface area contributed by atoms with Crippen LogP contribution in [0.5, 0.6) is 0 Å². The van der Waals surface area contributed by atoms with Gasteiger partial charge in [-0.1, -0.05) is 20.8 Å². The van der Waals surface area contributed by atoms with Gasteiger partial charge in [0.05, 0.1) is 11.7 Å². The summed E-state index contributed by atoms with van der Waals surface area (Å²) >= 11 is 0. The van der Waals surface area contributed by atoms with Crippen molar-refractivity contribution in [3.63, 3.8) is 0 Å². The molecule has 0 bridgehead atoms. The first kappa shape index (κ1) is 13.0. The topological polar surface area (TPSA) is 21.3 Å². The van der Waals surface area contributed by atoms with Crippen molar-refractivity contribution in [1.82, 2.24) is 5.32 Å². The maximum absolute atomic E-state index is 6.09. The zero-order chi connectivity index (χ0) is 11.1. The normalized spacial score (nSPS) is 27.0. The lowest BCUT2D eigenvalue weighted by atomic mass is 9.78. The van der Waals surface area contributed by atoms with E-state index in [9.17, 15) is 0 Å². The largest absolute Gasteiger partial charge is 0.372 e. The fourth-order valence-electron chi connectivity index (χ4n) is 2.48. The van der Waals surface area contributed by atoms with Gasteiger partial charge in [-0.3, -0.25) is 0 Å². The van der Waals surface area contributed by atoms with Crippen LogP contribution in [0.4, 0.5) is 0 Å². The summed E-state index contributed by atoms with van der Waals surface area (Å²) in [6, 6.07) is 0. The number of nitrogens with one attached hydrogen (secondary N) is 1. The van der Waals surface area contributed by atoms with E-state index in [-0.39, 0.29) is 0 Å². The third kappa shape index (κ3) is 3.46. The number of rotatable bonds is 4.